The van der Waals surface area contributed by atoms with Crippen LogP contribution in [-0.2, 0) is 10.8 Å². The summed E-state index contributed by atoms with van der Waals surface area (Å²) in [7, 11) is 0. The molecule has 5 aromatic carbocycles. The van der Waals surface area contributed by atoms with Crippen LogP contribution in [0.2, 0.25) is 0 Å². The summed E-state index contributed by atoms with van der Waals surface area (Å²) < 4.78 is 0. The van der Waals surface area contributed by atoms with Gasteiger partial charge in [-0.2, -0.15) is 0 Å². The topological polar surface area (TPSA) is 29.3 Å². The predicted octanol–water partition coefficient (Wildman–Crippen LogP) is 10.7. The van der Waals surface area contributed by atoms with Crippen LogP contribution in [0.4, 0.5) is 22.7 Å². The molecule has 2 heteroatoms. The summed E-state index contributed by atoms with van der Waals surface area (Å²) in [6.07, 6.45) is 0. The Kier molecular flexibility index (Phi) is 7.29. The van der Waals surface area contributed by atoms with Gasteiger partial charge >= 0.3 is 0 Å². The van der Waals surface area contributed by atoms with Gasteiger partial charge in [-0.25, -0.2) is 0 Å². The number of hydrogen-bond acceptors (Lipinski definition) is 2. The van der Waals surface area contributed by atoms with E-state index >= 15 is 0 Å². The number of benzene rings is 5. The number of hydrogen-bond donors (Lipinski definition) is 1. The highest BCUT2D eigenvalue weighted by molar-refractivity contribution is 5.98. The van der Waals surface area contributed by atoms with Crippen molar-refractivity contribution in [2.45, 2.75) is 52.4 Å². The first-order chi connectivity index (χ1) is 19.0. The number of nitrogen functional groups attached to an aromatic ring is 1. The summed E-state index contributed by atoms with van der Waals surface area (Å²) in [5.74, 6) is 0. The van der Waals surface area contributed by atoms with Gasteiger partial charge in [0.2, 0.25) is 0 Å². The molecule has 2 N–H and O–H groups in total. The molecule has 40 heavy (non-hydrogen) atoms. The molecule has 0 saturated heterocycles. The van der Waals surface area contributed by atoms with Gasteiger partial charge in [0.15, 0.2) is 0 Å². The summed E-state index contributed by atoms with van der Waals surface area (Å²) in [4.78, 5) is 2.37. The van der Waals surface area contributed by atoms with Gasteiger partial charge in [-0.1, -0.05) is 120 Å². The van der Waals surface area contributed by atoms with Gasteiger partial charge in [0.25, 0.3) is 0 Å². The Morgan fingerprint density at radius 3 is 1.43 bits per heavy atom. The minimum atomic E-state index is -0.0258. The zero-order valence-corrected chi connectivity index (χ0v) is 24.6. The van der Waals surface area contributed by atoms with Gasteiger partial charge in [0.05, 0.1) is 5.69 Å². The lowest BCUT2D eigenvalue weighted by atomic mass is 9.82. The molecule has 0 radical (unpaired) electrons. The van der Waals surface area contributed by atoms with E-state index in [1.807, 2.05) is 12.1 Å². The second kappa shape index (κ2) is 10.7. The fourth-order valence-corrected chi connectivity index (χ4v) is 5.17. The molecule has 2 nitrogen and oxygen atoms in total. The lowest BCUT2D eigenvalue weighted by Gasteiger charge is -2.33. The maximum Gasteiger partial charge on any atom is 0.0618 e. The van der Waals surface area contributed by atoms with E-state index < -0.39 is 0 Å². The van der Waals surface area contributed by atoms with Gasteiger partial charge < -0.3 is 10.6 Å². The molecular formula is C38H40N2. The van der Waals surface area contributed by atoms with E-state index in [1.54, 1.807) is 0 Å². The molecule has 0 saturated carbocycles. The Labute approximate surface area is 240 Å². The van der Waals surface area contributed by atoms with Crippen LogP contribution in [0.5, 0.6) is 0 Å². The minimum absolute atomic E-state index is 0.0258. The molecule has 0 heterocycles. The van der Waals surface area contributed by atoms with Crippen LogP contribution in [0.15, 0.2) is 121 Å². The van der Waals surface area contributed by atoms with Crippen molar-refractivity contribution in [2.75, 3.05) is 10.6 Å². The highest BCUT2D eigenvalue weighted by Gasteiger charge is 2.26. The number of nitrogens with zero attached hydrogens (tertiary/aromatic N) is 1. The van der Waals surface area contributed by atoms with E-state index in [4.69, 9.17) is 5.73 Å². The smallest absolute Gasteiger partial charge is 0.0618 e. The van der Waals surface area contributed by atoms with Crippen LogP contribution in [0.1, 0.15) is 52.7 Å². The van der Waals surface area contributed by atoms with Crippen molar-refractivity contribution in [1.29, 1.82) is 0 Å². The molecule has 0 aliphatic carbocycles. The van der Waals surface area contributed by atoms with Gasteiger partial charge in [-0.15, -0.1) is 0 Å². The fraction of sp³-hybridized carbons (Fsp3) is 0.211. The van der Waals surface area contributed by atoms with E-state index in [1.165, 1.54) is 33.4 Å². The lowest BCUT2D eigenvalue weighted by molar-refractivity contribution is 0.590. The van der Waals surface area contributed by atoms with Gasteiger partial charge in [-0.05, 0) is 75.5 Å². The van der Waals surface area contributed by atoms with E-state index in [9.17, 15) is 0 Å². The third-order valence-corrected chi connectivity index (χ3v) is 7.49. The third kappa shape index (κ3) is 5.67. The van der Waals surface area contributed by atoms with Gasteiger partial charge in [-0.3, -0.25) is 0 Å². The molecule has 5 aromatic rings. The van der Waals surface area contributed by atoms with Crippen molar-refractivity contribution >= 4 is 22.7 Å². The van der Waals surface area contributed by atoms with Crippen LogP contribution in [0.25, 0.3) is 22.3 Å². The zero-order valence-electron chi connectivity index (χ0n) is 24.6. The van der Waals surface area contributed by atoms with E-state index in [2.05, 4.69) is 156 Å². The van der Waals surface area contributed by atoms with Crippen molar-refractivity contribution in [1.82, 2.24) is 0 Å². The van der Waals surface area contributed by atoms with Gasteiger partial charge in [0, 0.05) is 28.2 Å². The molecule has 0 fully saturated rings. The average molecular weight is 525 g/mol. The van der Waals surface area contributed by atoms with Crippen molar-refractivity contribution in [3.63, 3.8) is 0 Å². The maximum absolute atomic E-state index is 6.39. The Morgan fingerprint density at radius 2 is 0.975 bits per heavy atom. The molecule has 0 unspecified atom stereocenters. The summed E-state index contributed by atoms with van der Waals surface area (Å²) in [5.41, 5.74) is 17.8. The molecular weight excluding hydrogens is 484 g/mol. The third-order valence-electron chi connectivity index (χ3n) is 7.49. The quantitative estimate of drug-likeness (QED) is 0.232. The highest BCUT2D eigenvalue weighted by atomic mass is 15.1. The Bertz CT molecular complexity index is 1530. The monoisotopic (exact) mass is 524 g/mol. The van der Waals surface area contributed by atoms with Crippen molar-refractivity contribution in [3.05, 3.63) is 132 Å². The summed E-state index contributed by atoms with van der Waals surface area (Å²) in [6.45, 7) is 13.6. The first kappa shape index (κ1) is 27.3. The summed E-state index contributed by atoms with van der Waals surface area (Å²) >= 11 is 0. The van der Waals surface area contributed by atoms with E-state index in [0.717, 1.165) is 22.7 Å². The number of rotatable bonds is 5. The zero-order chi connectivity index (χ0) is 28.5. The first-order valence-electron chi connectivity index (χ1n) is 14.1. The SMILES string of the molecule is CC(C)(C)c1ccc(N(c2cccc(N)c2)c2c(-c3ccccc3)cc(C(C)(C)C)cc2-c2ccccc2)cc1. The predicted molar refractivity (Wildman–Crippen MR) is 174 cm³/mol. The van der Waals surface area contributed by atoms with Crippen LogP contribution < -0.4 is 10.6 Å². The Balaban J connectivity index is 1.90. The minimum Gasteiger partial charge on any atom is -0.399 e. The molecule has 0 aliphatic heterocycles. The van der Waals surface area contributed by atoms with Crippen LogP contribution in [-0.4, -0.2) is 0 Å². The lowest BCUT2D eigenvalue weighted by Crippen LogP contribution is -2.17. The molecule has 0 atom stereocenters. The molecule has 0 bridgehead atoms. The second-order valence-electron chi connectivity index (χ2n) is 12.6. The fourth-order valence-electron chi connectivity index (χ4n) is 5.17. The largest absolute Gasteiger partial charge is 0.399 e. The van der Waals surface area contributed by atoms with Gasteiger partial charge in [0.1, 0.15) is 0 Å². The molecule has 0 spiro atoms. The molecule has 202 valence electrons. The van der Waals surface area contributed by atoms with Crippen LogP contribution in [0.3, 0.4) is 0 Å². The number of anilines is 4. The Morgan fingerprint density at radius 1 is 0.475 bits per heavy atom. The van der Waals surface area contributed by atoms with Crippen LogP contribution in [0, 0.1) is 0 Å². The summed E-state index contributed by atoms with van der Waals surface area (Å²) in [6, 6.07) is 43.4. The molecule has 0 amide bonds. The van der Waals surface area contributed by atoms with Crippen molar-refractivity contribution < 1.29 is 0 Å². The maximum atomic E-state index is 6.39. The highest BCUT2D eigenvalue weighted by Crippen LogP contribution is 2.48. The number of nitrogens with two attached hydrogens (primary N) is 1. The standard InChI is InChI=1S/C38H40N2/c1-37(2,3)29-20-22-32(23-21-29)40(33-19-13-18-31(39)26-33)36-34(27-14-9-7-10-15-27)24-30(38(4,5)6)25-35(36)28-16-11-8-12-17-28/h7-26H,39H2,1-6H3. The van der Waals surface area contributed by atoms with E-state index in [0.29, 0.717) is 0 Å². The van der Waals surface area contributed by atoms with E-state index in [-0.39, 0.29) is 10.8 Å². The first-order valence-corrected chi connectivity index (χ1v) is 14.1. The summed E-state index contributed by atoms with van der Waals surface area (Å²) in [5, 5.41) is 0. The molecule has 0 aliphatic rings. The molecule has 5 rings (SSSR count). The average Bonchev–Trinajstić information content (AvgIpc) is 2.93. The second-order valence-corrected chi connectivity index (χ2v) is 12.6. The van der Waals surface area contributed by atoms with Crippen LogP contribution >= 0.6 is 0 Å². The molecule has 0 aromatic heterocycles. The normalized spacial score (nSPS) is 11.8. The Hall–Kier alpha value is -4.30. The van der Waals surface area contributed by atoms with Crippen molar-refractivity contribution in [2.24, 2.45) is 0 Å². The van der Waals surface area contributed by atoms with Crippen molar-refractivity contribution in [3.8, 4) is 22.3 Å².